The van der Waals surface area contributed by atoms with Crippen molar-refractivity contribution in [3.63, 3.8) is 0 Å². The highest BCUT2D eigenvalue weighted by Crippen LogP contribution is 2.13. The maximum atomic E-state index is 5.35. The van der Waals surface area contributed by atoms with Crippen LogP contribution in [0, 0.1) is 5.92 Å². The fraction of sp³-hybridized carbons (Fsp3) is 0.500. The van der Waals surface area contributed by atoms with Crippen LogP contribution in [0.15, 0.2) is 24.3 Å². The van der Waals surface area contributed by atoms with E-state index in [1.165, 1.54) is 0 Å². The first-order valence-electron chi connectivity index (χ1n) is 3.16. The molecule has 1 heteroatoms. The molecule has 1 nitrogen and oxygen atoms in total. The second-order valence-electron chi connectivity index (χ2n) is 2.49. The lowest BCUT2D eigenvalue weighted by Crippen LogP contribution is -2.06. The van der Waals surface area contributed by atoms with Crippen molar-refractivity contribution < 1.29 is 0 Å². The van der Waals surface area contributed by atoms with E-state index >= 15 is 0 Å². The molecule has 52 valence electrons. The normalized spacial score (nSPS) is 9.78. The molecule has 0 aromatic heterocycles. The monoisotopic (exact) mass is 125 g/mol. The first kappa shape index (κ1) is 8.44. The van der Waals surface area contributed by atoms with E-state index < -0.39 is 0 Å². The highest BCUT2D eigenvalue weighted by Gasteiger charge is 2.01. The molecule has 0 rings (SSSR count). The van der Waals surface area contributed by atoms with Crippen molar-refractivity contribution >= 4 is 0 Å². The quantitative estimate of drug-likeness (QED) is 0.571. The summed E-state index contributed by atoms with van der Waals surface area (Å²) in [7, 11) is 0. The fourth-order valence-corrected chi connectivity index (χ4v) is 0.539. The standard InChI is InChI=1S/C8H15N/c1-6(2)8(4)7(3)5-9/h6H,3-5,9H2,1-2H3. The molecule has 0 saturated carbocycles. The van der Waals surface area contributed by atoms with Crippen LogP contribution in [0.5, 0.6) is 0 Å². The van der Waals surface area contributed by atoms with Crippen LogP contribution >= 0.6 is 0 Å². The first-order valence-corrected chi connectivity index (χ1v) is 3.16. The summed E-state index contributed by atoms with van der Waals surface area (Å²) in [5.74, 6) is 0.473. The summed E-state index contributed by atoms with van der Waals surface area (Å²) >= 11 is 0. The zero-order valence-electron chi connectivity index (χ0n) is 6.28. The summed E-state index contributed by atoms with van der Waals surface area (Å²) in [5.41, 5.74) is 7.38. The Morgan fingerprint density at radius 3 is 2.00 bits per heavy atom. The second-order valence-corrected chi connectivity index (χ2v) is 2.49. The maximum Gasteiger partial charge on any atom is 0.0174 e. The molecule has 0 radical (unpaired) electrons. The molecule has 0 aromatic carbocycles. The van der Waals surface area contributed by atoms with E-state index in [0.717, 1.165) is 11.1 Å². The van der Waals surface area contributed by atoms with Crippen LogP contribution in [0.2, 0.25) is 0 Å². The van der Waals surface area contributed by atoms with Crippen LogP contribution in [0.3, 0.4) is 0 Å². The molecule has 0 saturated heterocycles. The Morgan fingerprint density at radius 1 is 1.44 bits per heavy atom. The van der Waals surface area contributed by atoms with Crippen LogP contribution in [0.1, 0.15) is 13.8 Å². The van der Waals surface area contributed by atoms with E-state index in [0.29, 0.717) is 12.5 Å². The summed E-state index contributed by atoms with van der Waals surface area (Å²) < 4.78 is 0. The van der Waals surface area contributed by atoms with Gasteiger partial charge in [0.1, 0.15) is 0 Å². The molecule has 2 N–H and O–H groups in total. The second kappa shape index (κ2) is 3.46. The van der Waals surface area contributed by atoms with Gasteiger partial charge in [-0.2, -0.15) is 0 Å². The summed E-state index contributed by atoms with van der Waals surface area (Å²) in [4.78, 5) is 0. The topological polar surface area (TPSA) is 26.0 Å². The molecular weight excluding hydrogens is 110 g/mol. The Hall–Kier alpha value is -0.560. The van der Waals surface area contributed by atoms with E-state index in [4.69, 9.17) is 5.73 Å². The lowest BCUT2D eigenvalue weighted by Gasteiger charge is -2.09. The first-order chi connectivity index (χ1) is 4.09. The van der Waals surface area contributed by atoms with Crippen molar-refractivity contribution in [3.05, 3.63) is 24.3 Å². The molecule has 0 amide bonds. The minimum atomic E-state index is 0.473. The smallest absolute Gasteiger partial charge is 0.0174 e. The number of hydrogen-bond acceptors (Lipinski definition) is 1. The van der Waals surface area contributed by atoms with Crippen molar-refractivity contribution in [3.8, 4) is 0 Å². The van der Waals surface area contributed by atoms with Crippen molar-refractivity contribution in [1.29, 1.82) is 0 Å². The zero-order valence-corrected chi connectivity index (χ0v) is 6.28. The molecule has 9 heavy (non-hydrogen) atoms. The highest BCUT2D eigenvalue weighted by molar-refractivity contribution is 5.27. The van der Waals surface area contributed by atoms with Crippen LogP contribution in [-0.2, 0) is 0 Å². The summed E-state index contributed by atoms with van der Waals surface area (Å²) in [6.07, 6.45) is 0. The third kappa shape index (κ3) is 2.47. The van der Waals surface area contributed by atoms with Gasteiger partial charge in [-0.05, 0) is 17.1 Å². The minimum Gasteiger partial charge on any atom is -0.327 e. The minimum absolute atomic E-state index is 0.473. The van der Waals surface area contributed by atoms with Crippen molar-refractivity contribution in [2.24, 2.45) is 11.7 Å². The van der Waals surface area contributed by atoms with Gasteiger partial charge in [-0.1, -0.05) is 27.0 Å². The lowest BCUT2D eigenvalue weighted by molar-refractivity contribution is 0.776. The fourth-order valence-electron chi connectivity index (χ4n) is 0.539. The zero-order chi connectivity index (χ0) is 7.44. The lowest BCUT2D eigenvalue weighted by atomic mass is 9.98. The van der Waals surface area contributed by atoms with Crippen LogP contribution in [-0.4, -0.2) is 6.54 Å². The van der Waals surface area contributed by atoms with Gasteiger partial charge < -0.3 is 5.73 Å². The van der Waals surface area contributed by atoms with Gasteiger partial charge in [0.05, 0.1) is 0 Å². The van der Waals surface area contributed by atoms with Crippen molar-refractivity contribution in [2.75, 3.05) is 6.54 Å². The van der Waals surface area contributed by atoms with E-state index in [1.54, 1.807) is 0 Å². The van der Waals surface area contributed by atoms with Crippen molar-refractivity contribution in [1.82, 2.24) is 0 Å². The van der Waals surface area contributed by atoms with Gasteiger partial charge in [-0.15, -0.1) is 0 Å². The Morgan fingerprint density at radius 2 is 1.89 bits per heavy atom. The van der Waals surface area contributed by atoms with E-state index in [9.17, 15) is 0 Å². The van der Waals surface area contributed by atoms with E-state index in [1.807, 2.05) is 0 Å². The van der Waals surface area contributed by atoms with Crippen LogP contribution in [0.25, 0.3) is 0 Å². The van der Waals surface area contributed by atoms with Gasteiger partial charge in [0.25, 0.3) is 0 Å². The molecule has 0 bridgehead atoms. The largest absolute Gasteiger partial charge is 0.327 e. The molecule has 0 atom stereocenters. The number of rotatable bonds is 3. The maximum absolute atomic E-state index is 5.35. The Bertz CT molecular complexity index is 123. The number of nitrogens with two attached hydrogens (primary N) is 1. The van der Waals surface area contributed by atoms with Gasteiger partial charge in [0, 0.05) is 6.54 Å². The molecule has 0 aliphatic heterocycles. The Balaban J connectivity index is 3.89. The third-order valence-electron chi connectivity index (χ3n) is 1.40. The Labute approximate surface area is 57.3 Å². The molecule has 0 fully saturated rings. The Kier molecular flexibility index (Phi) is 3.25. The van der Waals surface area contributed by atoms with Crippen LogP contribution in [0.4, 0.5) is 0 Å². The summed E-state index contributed by atoms with van der Waals surface area (Å²) in [6, 6.07) is 0. The van der Waals surface area contributed by atoms with Crippen LogP contribution < -0.4 is 5.73 Å². The summed E-state index contributed by atoms with van der Waals surface area (Å²) in [6.45, 7) is 12.3. The number of hydrogen-bond donors (Lipinski definition) is 1. The molecule has 0 heterocycles. The van der Waals surface area contributed by atoms with E-state index in [-0.39, 0.29) is 0 Å². The average molecular weight is 125 g/mol. The van der Waals surface area contributed by atoms with Gasteiger partial charge in [0.15, 0.2) is 0 Å². The summed E-state index contributed by atoms with van der Waals surface area (Å²) in [5, 5.41) is 0. The molecule has 0 aliphatic rings. The van der Waals surface area contributed by atoms with Gasteiger partial charge in [0.2, 0.25) is 0 Å². The third-order valence-corrected chi connectivity index (χ3v) is 1.40. The average Bonchev–Trinajstić information content (AvgIpc) is 1.84. The molecule has 0 aliphatic carbocycles. The van der Waals surface area contributed by atoms with Gasteiger partial charge in [-0.25, -0.2) is 0 Å². The highest BCUT2D eigenvalue weighted by atomic mass is 14.5. The van der Waals surface area contributed by atoms with Crippen molar-refractivity contribution in [2.45, 2.75) is 13.8 Å². The molecule has 0 spiro atoms. The molecule has 0 unspecified atom stereocenters. The molecule has 0 aromatic rings. The SMILES string of the molecule is C=C(CN)C(=C)C(C)C. The predicted molar refractivity (Wildman–Crippen MR) is 42.2 cm³/mol. The molecular formula is C8H15N. The predicted octanol–water partition coefficient (Wildman–Crippen LogP) is 1.71. The van der Waals surface area contributed by atoms with Gasteiger partial charge in [-0.3, -0.25) is 0 Å². The van der Waals surface area contributed by atoms with E-state index in [2.05, 4.69) is 27.0 Å². The van der Waals surface area contributed by atoms with Gasteiger partial charge >= 0.3 is 0 Å².